The Kier molecular flexibility index (Phi) is 4.38. The van der Waals surface area contributed by atoms with Crippen LogP contribution >= 0.6 is 11.5 Å². The topological polar surface area (TPSA) is 63.2 Å². The molecule has 0 aliphatic heterocycles. The quantitative estimate of drug-likeness (QED) is 0.713. The van der Waals surface area contributed by atoms with Crippen molar-refractivity contribution in [2.75, 3.05) is 11.4 Å². The van der Waals surface area contributed by atoms with E-state index in [2.05, 4.69) is 9.36 Å². The number of hydrogen-bond acceptors (Lipinski definition) is 5. The Labute approximate surface area is 145 Å². The highest BCUT2D eigenvalue weighted by atomic mass is 32.2. The molecular formula is C17H17N3O2S2. The van der Waals surface area contributed by atoms with Gasteiger partial charge in [0.2, 0.25) is 0 Å². The zero-order chi connectivity index (χ0) is 17.3. The molecule has 0 atom stereocenters. The molecule has 0 fully saturated rings. The van der Waals surface area contributed by atoms with Gasteiger partial charge in [-0.2, -0.15) is 8.42 Å². The lowest BCUT2D eigenvalue weighted by atomic mass is 10.1. The second-order valence-electron chi connectivity index (χ2n) is 5.50. The molecular weight excluding hydrogens is 342 g/mol. The van der Waals surface area contributed by atoms with E-state index in [9.17, 15) is 8.42 Å². The van der Waals surface area contributed by atoms with E-state index in [0.717, 1.165) is 16.7 Å². The number of aromatic nitrogens is 2. The molecule has 3 rings (SSSR count). The molecule has 0 unspecified atom stereocenters. The first-order valence-electron chi connectivity index (χ1n) is 7.32. The first-order chi connectivity index (χ1) is 11.4. The standard InChI is InChI=1S/C17H17N3O2S2/c1-12-7-8-14(15-10-18-23-11-15)9-16(12)20(3)24(21,22)17-6-4-5-13(2)19-17/h4-11H,1-3H3. The fourth-order valence-corrected chi connectivity index (χ4v) is 4.20. The van der Waals surface area contributed by atoms with E-state index in [4.69, 9.17) is 0 Å². The molecule has 2 heterocycles. The van der Waals surface area contributed by atoms with Gasteiger partial charge in [0.1, 0.15) is 0 Å². The maximum absolute atomic E-state index is 12.9. The zero-order valence-electron chi connectivity index (χ0n) is 13.6. The summed E-state index contributed by atoms with van der Waals surface area (Å²) in [6, 6.07) is 10.7. The summed E-state index contributed by atoms with van der Waals surface area (Å²) in [7, 11) is -2.16. The fourth-order valence-electron chi connectivity index (χ4n) is 2.41. The average molecular weight is 359 g/mol. The summed E-state index contributed by atoms with van der Waals surface area (Å²) in [6.07, 6.45) is 1.77. The van der Waals surface area contributed by atoms with E-state index >= 15 is 0 Å². The van der Waals surface area contributed by atoms with Crippen molar-refractivity contribution in [3.63, 3.8) is 0 Å². The van der Waals surface area contributed by atoms with Crippen LogP contribution in [-0.4, -0.2) is 24.8 Å². The van der Waals surface area contributed by atoms with Gasteiger partial charge in [0.05, 0.1) is 5.69 Å². The molecule has 1 aromatic carbocycles. The summed E-state index contributed by atoms with van der Waals surface area (Å²) in [5, 5.41) is 1.98. The third-order valence-electron chi connectivity index (χ3n) is 3.80. The summed E-state index contributed by atoms with van der Waals surface area (Å²) in [5.41, 5.74) is 4.08. The number of sulfonamides is 1. The average Bonchev–Trinajstić information content (AvgIpc) is 3.09. The minimum Gasteiger partial charge on any atom is -0.268 e. The first-order valence-corrected chi connectivity index (χ1v) is 9.60. The highest BCUT2D eigenvalue weighted by Crippen LogP contribution is 2.30. The van der Waals surface area contributed by atoms with Crippen LogP contribution in [0.1, 0.15) is 11.3 Å². The lowest BCUT2D eigenvalue weighted by molar-refractivity contribution is 0.590. The Balaban J connectivity index is 2.06. The minimum absolute atomic E-state index is 0.0482. The number of pyridine rings is 1. The van der Waals surface area contributed by atoms with Gasteiger partial charge in [-0.05, 0) is 54.7 Å². The Morgan fingerprint density at radius 3 is 2.54 bits per heavy atom. The minimum atomic E-state index is -3.71. The van der Waals surface area contributed by atoms with Crippen LogP contribution in [0.3, 0.4) is 0 Å². The van der Waals surface area contributed by atoms with E-state index in [0.29, 0.717) is 11.4 Å². The highest BCUT2D eigenvalue weighted by molar-refractivity contribution is 7.92. The van der Waals surface area contributed by atoms with Crippen LogP contribution in [0.4, 0.5) is 5.69 Å². The smallest absolute Gasteiger partial charge is 0.268 e. The normalized spacial score (nSPS) is 11.5. The molecule has 5 nitrogen and oxygen atoms in total. The Hall–Kier alpha value is -2.25. The summed E-state index contributed by atoms with van der Waals surface area (Å²) >= 11 is 1.37. The summed E-state index contributed by atoms with van der Waals surface area (Å²) in [6.45, 7) is 3.66. The fraction of sp³-hybridized carbons (Fsp3) is 0.176. The third-order valence-corrected chi connectivity index (χ3v) is 6.06. The van der Waals surface area contributed by atoms with E-state index in [1.165, 1.54) is 21.9 Å². The monoisotopic (exact) mass is 359 g/mol. The highest BCUT2D eigenvalue weighted by Gasteiger charge is 2.24. The Morgan fingerprint density at radius 1 is 1.08 bits per heavy atom. The van der Waals surface area contributed by atoms with Gasteiger partial charge >= 0.3 is 0 Å². The SMILES string of the molecule is Cc1cccc(S(=O)(=O)N(C)c2cc(-c3cnsc3)ccc2C)n1. The van der Waals surface area contributed by atoms with Gasteiger partial charge < -0.3 is 0 Å². The van der Waals surface area contributed by atoms with Gasteiger partial charge in [0, 0.05) is 29.9 Å². The van der Waals surface area contributed by atoms with Crippen LogP contribution in [0.2, 0.25) is 0 Å². The van der Waals surface area contributed by atoms with E-state index in [-0.39, 0.29) is 5.03 Å². The van der Waals surface area contributed by atoms with Crippen LogP contribution in [-0.2, 0) is 10.0 Å². The molecule has 0 bridgehead atoms. The van der Waals surface area contributed by atoms with Gasteiger partial charge in [-0.15, -0.1) is 0 Å². The summed E-state index contributed by atoms with van der Waals surface area (Å²) in [5.74, 6) is 0. The van der Waals surface area contributed by atoms with Gasteiger partial charge in [0.15, 0.2) is 5.03 Å². The number of anilines is 1. The third kappa shape index (κ3) is 3.05. The molecule has 0 spiro atoms. The number of nitrogens with zero attached hydrogens (tertiary/aromatic N) is 3. The van der Waals surface area contributed by atoms with Crippen LogP contribution in [0, 0.1) is 13.8 Å². The largest absolute Gasteiger partial charge is 0.281 e. The summed E-state index contributed by atoms with van der Waals surface area (Å²) in [4.78, 5) is 4.16. The molecule has 0 amide bonds. The van der Waals surface area contributed by atoms with Crippen LogP contribution in [0.25, 0.3) is 11.1 Å². The number of hydrogen-bond donors (Lipinski definition) is 0. The lowest BCUT2D eigenvalue weighted by Crippen LogP contribution is -2.28. The van der Waals surface area contributed by atoms with Gasteiger partial charge in [0.25, 0.3) is 10.0 Å². The maximum Gasteiger partial charge on any atom is 0.281 e. The van der Waals surface area contributed by atoms with Crippen molar-refractivity contribution in [1.82, 2.24) is 9.36 Å². The van der Waals surface area contributed by atoms with Gasteiger partial charge in [-0.3, -0.25) is 4.31 Å². The molecule has 0 radical (unpaired) electrons. The van der Waals surface area contributed by atoms with E-state index in [1.54, 1.807) is 32.3 Å². The zero-order valence-corrected chi connectivity index (χ0v) is 15.2. The van der Waals surface area contributed by atoms with Crippen LogP contribution in [0.5, 0.6) is 0 Å². The van der Waals surface area contributed by atoms with Crippen molar-refractivity contribution >= 4 is 27.2 Å². The maximum atomic E-state index is 12.9. The lowest BCUT2D eigenvalue weighted by Gasteiger charge is -2.21. The van der Waals surface area contributed by atoms with Crippen molar-refractivity contribution in [3.8, 4) is 11.1 Å². The Bertz CT molecular complexity index is 967. The Morgan fingerprint density at radius 2 is 1.88 bits per heavy atom. The second-order valence-corrected chi connectivity index (χ2v) is 8.08. The van der Waals surface area contributed by atoms with Gasteiger partial charge in [-0.1, -0.05) is 18.2 Å². The first kappa shape index (κ1) is 16.6. The molecule has 124 valence electrons. The molecule has 7 heteroatoms. The molecule has 0 saturated heterocycles. The van der Waals surface area contributed by atoms with Crippen LogP contribution < -0.4 is 4.31 Å². The van der Waals surface area contributed by atoms with E-state index < -0.39 is 10.0 Å². The number of rotatable bonds is 4. The second kappa shape index (κ2) is 6.33. The molecule has 0 saturated carbocycles. The van der Waals surface area contributed by atoms with Gasteiger partial charge in [-0.25, -0.2) is 9.36 Å². The molecule has 0 aliphatic rings. The van der Waals surface area contributed by atoms with Crippen molar-refractivity contribution in [3.05, 3.63) is 59.2 Å². The predicted molar refractivity (Wildman–Crippen MR) is 96.8 cm³/mol. The number of aryl methyl sites for hydroxylation is 2. The van der Waals surface area contributed by atoms with E-state index in [1.807, 2.05) is 30.5 Å². The van der Waals surface area contributed by atoms with Crippen LogP contribution in [0.15, 0.2) is 53.0 Å². The number of benzene rings is 1. The molecule has 24 heavy (non-hydrogen) atoms. The van der Waals surface area contributed by atoms with Crippen molar-refractivity contribution < 1.29 is 8.42 Å². The van der Waals surface area contributed by atoms with Crippen molar-refractivity contribution in [2.24, 2.45) is 0 Å². The molecule has 0 aliphatic carbocycles. The molecule has 0 N–H and O–H groups in total. The molecule has 3 aromatic rings. The molecule has 2 aromatic heterocycles. The van der Waals surface area contributed by atoms with Crippen molar-refractivity contribution in [1.29, 1.82) is 0 Å². The van der Waals surface area contributed by atoms with Crippen molar-refractivity contribution in [2.45, 2.75) is 18.9 Å². The summed E-state index contributed by atoms with van der Waals surface area (Å²) < 4.78 is 31.2. The predicted octanol–water partition coefficient (Wildman–Crippen LogP) is 3.65.